The highest BCUT2D eigenvalue weighted by atomic mass is 19.4. The summed E-state index contributed by atoms with van der Waals surface area (Å²) in [7, 11) is 0. The largest absolute Gasteiger partial charge is 0.416 e. The minimum Gasteiger partial charge on any atom is -0.350 e. The third-order valence-corrected chi connectivity index (χ3v) is 6.87. The van der Waals surface area contributed by atoms with Crippen molar-refractivity contribution >= 4 is 23.6 Å². The number of hydrogen-bond acceptors (Lipinski definition) is 5. The number of nitrogens with one attached hydrogen (secondary N) is 2. The lowest BCUT2D eigenvalue weighted by Crippen LogP contribution is -2.52. The second-order valence-corrected chi connectivity index (χ2v) is 9.73. The Kier molecular flexibility index (Phi) is 9.03. The Bertz CT molecular complexity index is 1250. The lowest BCUT2D eigenvalue weighted by Gasteiger charge is -2.35. The van der Waals surface area contributed by atoms with E-state index in [-0.39, 0.29) is 30.0 Å². The van der Waals surface area contributed by atoms with Gasteiger partial charge in [0, 0.05) is 56.4 Å². The van der Waals surface area contributed by atoms with Gasteiger partial charge in [-0.25, -0.2) is 4.39 Å². The van der Waals surface area contributed by atoms with Crippen molar-refractivity contribution in [1.29, 1.82) is 0 Å². The van der Waals surface area contributed by atoms with E-state index in [4.69, 9.17) is 0 Å². The van der Waals surface area contributed by atoms with Crippen LogP contribution in [-0.4, -0.2) is 96.7 Å². The molecule has 2 aliphatic heterocycles. The normalized spacial score (nSPS) is 17.9. The minimum absolute atomic E-state index is 0.0887. The topological polar surface area (TPSA) is 102 Å². The Morgan fingerprint density at radius 1 is 0.875 bits per heavy atom. The molecule has 0 saturated carbocycles. The first kappa shape index (κ1) is 29.0. The molecule has 2 fully saturated rings. The van der Waals surface area contributed by atoms with Crippen LogP contribution in [0, 0.1) is 5.82 Å². The minimum atomic E-state index is -4.58. The molecule has 214 valence electrons. The third kappa shape index (κ3) is 7.56. The van der Waals surface area contributed by atoms with Gasteiger partial charge in [-0.15, -0.1) is 0 Å². The number of halogens is 4. The summed E-state index contributed by atoms with van der Waals surface area (Å²) < 4.78 is 51.7. The molecule has 0 bridgehead atoms. The van der Waals surface area contributed by atoms with Gasteiger partial charge in [0.25, 0.3) is 11.8 Å². The van der Waals surface area contributed by atoms with E-state index >= 15 is 0 Å². The highest BCUT2D eigenvalue weighted by molar-refractivity contribution is 5.96. The van der Waals surface area contributed by atoms with Crippen LogP contribution in [0.15, 0.2) is 48.5 Å². The summed E-state index contributed by atoms with van der Waals surface area (Å²) in [5.74, 6) is -2.00. The molecule has 2 aliphatic rings. The standard InChI is InChI=1S/C27H29F4N5O4/c28-21-6-4-18(5-7-21)26(40)36-12-10-35(11-13-36)24(38)17-34-9-8-22(16-34)33-23(37)15-32-25(39)19-2-1-3-20(14-19)27(29,30)31/h1-7,14,22H,8-13,15-17H2,(H,32,39)(H,33,37)/t22-/m1/s1. The molecule has 2 N–H and O–H groups in total. The van der Waals surface area contributed by atoms with Gasteiger partial charge < -0.3 is 20.4 Å². The van der Waals surface area contributed by atoms with E-state index in [9.17, 15) is 36.7 Å². The van der Waals surface area contributed by atoms with Crippen LogP contribution in [0.2, 0.25) is 0 Å². The molecule has 4 rings (SSSR count). The zero-order chi connectivity index (χ0) is 28.9. The smallest absolute Gasteiger partial charge is 0.350 e. The molecule has 0 aliphatic carbocycles. The lowest BCUT2D eigenvalue weighted by molar-refractivity contribution is -0.137. The molecule has 2 heterocycles. The van der Waals surface area contributed by atoms with Crippen molar-refractivity contribution < 1.29 is 36.7 Å². The number of carbonyl (C=O) groups excluding carboxylic acids is 4. The molecule has 9 nitrogen and oxygen atoms in total. The summed E-state index contributed by atoms with van der Waals surface area (Å²) in [6.07, 6.45) is -3.98. The van der Waals surface area contributed by atoms with Gasteiger partial charge in [0.1, 0.15) is 5.82 Å². The first-order chi connectivity index (χ1) is 19.0. The van der Waals surface area contributed by atoms with Gasteiger partial charge >= 0.3 is 6.18 Å². The van der Waals surface area contributed by atoms with Crippen LogP contribution in [0.3, 0.4) is 0 Å². The summed E-state index contributed by atoms with van der Waals surface area (Å²) in [4.78, 5) is 55.1. The fourth-order valence-electron chi connectivity index (χ4n) is 4.70. The molecule has 13 heteroatoms. The predicted octanol–water partition coefficient (Wildman–Crippen LogP) is 1.75. The predicted molar refractivity (Wildman–Crippen MR) is 136 cm³/mol. The van der Waals surface area contributed by atoms with Crippen LogP contribution in [0.5, 0.6) is 0 Å². The van der Waals surface area contributed by atoms with Gasteiger partial charge in [-0.3, -0.25) is 24.1 Å². The molecular weight excluding hydrogens is 534 g/mol. The number of alkyl halides is 3. The van der Waals surface area contributed by atoms with Crippen LogP contribution in [0.1, 0.15) is 32.7 Å². The fraction of sp³-hybridized carbons (Fsp3) is 0.407. The average molecular weight is 564 g/mol. The van der Waals surface area contributed by atoms with Crippen molar-refractivity contribution in [2.24, 2.45) is 0 Å². The van der Waals surface area contributed by atoms with E-state index in [0.29, 0.717) is 51.3 Å². The summed E-state index contributed by atoms with van der Waals surface area (Å²) >= 11 is 0. The maximum Gasteiger partial charge on any atom is 0.416 e. The Labute approximate surface area is 228 Å². The zero-order valence-corrected chi connectivity index (χ0v) is 21.5. The molecule has 0 radical (unpaired) electrons. The number of likely N-dealkylation sites (tertiary alicyclic amines) is 1. The molecule has 2 aromatic rings. The summed E-state index contributed by atoms with van der Waals surface area (Å²) in [5, 5.41) is 5.10. The van der Waals surface area contributed by atoms with Gasteiger partial charge in [-0.2, -0.15) is 13.2 Å². The van der Waals surface area contributed by atoms with Gasteiger partial charge in [0.15, 0.2) is 0 Å². The molecule has 1 atom stereocenters. The summed E-state index contributed by atoms with van der Waals surface area (Å²) in [6.45, 7) is 2.27. The Morgan fingerprint density at radius 2 is 1.55 bits per heavy atom. The van der Waals surface area contributed by atoms with Crippen molar-refractivity contribution in [2.75, 3.05) is 52.4 Å². The van der Waals surface area contributed by atoms with Crippen molar-refractivity contribution in [3.8, 4) is 0 Å². The number of piperazine rings is 1. The molecule has 40 heavy (non-hydrogen) atoms. The quantitative estimate of drug-likeness (QED) is 0.500. The highest BCUT2D eigenvalue weighted by Crippen LogP contribution is 2.29. The summed E-state index contributed by atoms with van der Waals surface area (Å²) in [5.41, 5.74) is -0.763. The number of rotatable bonds is 7. The van der Waals surface area contributed by atoms with E-state index in [1.54, 1.807) is 9.80 Å². The van der Waals surface area contributed by atoms with Crippen LogP contribution in [0.25, 0.3) is 0 Å². The number of carbonyl (C=O) groups is 4. The SMILES string of the molecule is O=C(CNC(=O)c1cccc(C(F)(F)F)c1)N[C@@H]1CCN(CC(=O)N2CCN(C(=O)c3ccc(F)cc3)CC2)C1. The zero-order valence-electron chi connectivity index (χ0n) is 21.5. The van der Waals surface area contributed by atoms with Gasteiger partial charge in [0.05, 0.1) is 18.7 Å². The van der Waals surface area contributed by atoms with Crippen LogP contribution >= 0.6 is 0 Å². The first-order valence-electron chi connectivity index (χ1n) is 12.8. The van der Waals surface area contributed by atoms with Crippen molar-refractivity contribution in [1.82, 2.24) is 25.3 Å². The second-order valence-electron chi connectivity index (χ2n) is 9.73. The van der Waals surface area contributed by atoms with E-state index in [1.807, 2.05) is 4.90 Å². The number of nitrogens with zero attached hydrogens (tertiary/aromatic N) is 3. The first-order valence-corrected chi connectivity index (χ1v) is 12.8. The number of hydrogen-bond donors (Lipinski definition) is 2. The van der Waals surface area contributed by atoms with Crippen LogP contribution in [0.4, 0.5) is 17.6 Å². The lowest BCUT2D eigenvalue weighted by atomic mass is 10.1. The second kappa shape index (κ2) is 12.5. The third-order valence-electron chi connectivity index (χ3n) is 6.87. The van der Waals surface area contributed by atoms with Crippen LogP contribution in [-0.2, 0) is 15.8 Å². The van der Waals surface area contributed by atoms with Gasteiger partial charge in [-0.05, 0) is 48.9 Å². The molecule has 2 aromatic carbocycles. The van der Waals surface area contributed by atoms with E-state index < -0.39 is 35.9 Å². The van der Waals surface area contributed by atoms with Crippen LogP contribution < -0.4 is 10.6 Å². The molecule has 4 amide bonds. The van der Waals surface area contributed by atoms with Gasteiger partial charge in [0.2, 0.25) is 11.8 Å². The Morgan fingerprint density at radius 3 is 2.23 bits per heavy atom. The molecular formula is C27H29F4N5O4. The van der Waals surface area contributed by atoms with E-state index in [1.165, 1.54) is 30.3 Å². The highest BCUT2D eigenvalue weighted by Gasteiger charge is 2.31. The molecule has 0 unspecified atom stereocenters. The van der Waals surface area contributed by atoms with Crippen molar-refractivity contribution in [3.63, 3.8) is 0 Å². The summed E-state index contributed by atoms with van der Waals surface area (Å²) in [6, 6.07) is 9.03. The maximum atomic E-state index is 13.1. The van der Waals surface area contributed by atoms with Gasteiger partial charge in [-0.1, -0.05) is 6.07 Å². The fourth-order valence-corrected chi connectivity index (χ4v) is 4.70. The van der Waals surface area contributed by atoms with Crippen molar-refractivity contribution in [3.05, 3.63) is 71.0 Å². The van der Waals surface area contributed by atoms with E-state index in [2.05, 4.69) is 10.6 Å². The Hall–Kier alpha value is -4.00. The molecule has 0 aromatic heterocycles. The monoisotopic (exact) mass is 563 g/mol. The number of amides is 4. The maximum absolute atomic E-state index is 13.1. The average Bonchev–Trinajstić information content (AvgIpc) is 3.37. The molecule has 0 spiro atoms. The Balaban J connectivity index is 1.16. The number of benzene rings is 2. The van der Waals surface area contributed by atoms with Crippen molar-refractivity contribution in [2.45, 2.75) is 18.6 Å². The molecule has 2 saturated heterocycles. The van der Waals surface area contributed by atoms with E-state index in [0.717, 1.165) is 18.2 Å².